The van der Waals surface area contributed by atoms with Gasteiger partial charge in [0.1, 0.15) is 12.1 Å². The first kappa shape index (κ1) is 32.2. The van der Waals surface area contributed by atoms with Crippen LogP contribution in [-0.4, -0.2) is 32.6 Å². The van der Waals surface area contributed by atoms with Crippen molar-refractivity contribution in [1.82, 2.24) is 14.9 Å². The molecule has 4 N–H and O–H groups in total. The molecule has 3 aromatic carbocycles. The van der Waals surface area contributed by atoms with Gasteiger partial charge in [0, 0.05) is 38.8 Å². The summed E-state index contributed by atoms with van der Waals surface area (Å²) in [7, 11) is 0. The van der Waals surface area contributed by atoms with Crippen molar-refractivity contribution in [3.63, 3.8) is 0 Å². The number of halogens is 2. The first-order chi connectivity index (χ1) is 20.4. The molecule has 0 spiro atoms. The van der Waals surface area contributed by atoms with Crippen LogP contribution < -0.4 is 16.4 Å². The van der Waals surface area contributed by atoms with E-state index in [1.807, 2.05) is 78.9 Å². The van der Waals surface area contributed by atoms with E-state index in [0.29, 0.717) is 22.4 Å². The molecule has 2 unspecified atom stereocenters. The average molecular weight is 745 g/mol. The van der Waals surface area contributed by atoms with Crippen molar-refractivity contribution in [2.24, 2.45) is 5.73 Å². The van der Waals surface area contributed by atoms with Crippen molar-refractivity contribution in [2.75, 3.05) is 10.6 Å². The smallest absolute Gasteiger partial charge is 0.255 e. The van der Waals surface area contributed by atoms with Gasteiger partial charge in [-0.1, -0.05) is 66.7 Å². The third kappa shape index (κ3) is 8.03. The van der Waals surface area contributed by atoms with Gasteiger partial charge in [-0.05, 0) is 51.4 Å². The van der Waals surface area contributed by atoms with Crippen molar-refractivity contribution in [3.8, 4) is 0 Å². The van der Waals surface area contributed by atoms with Gasteiger partial charge in [-0.25, -0.2) is 9.97 Å². The number of anilines is 2. The molecule has 43 heavy (non-hydrogen) atoms. The topological polar surface area (TPSA) is 130 Å². The van der Waals surface area contributed by atoms with E-state index < -0.39 is 12.1 Å². The number of thiazole rings is 2. The number of nitrogens with two attached hydrogens (primary N) is 1. The molecule has 2 aromatic heterocycles. The van der Waals surface area contributed by atoms with Gasteiger partial charge in [0.2, 0.25) is 5.91 Å². The zero-order valence-electron chi connectivity index (χ0n) is 22.4. The van der Waals surface area contributed by atoms with E-state index >= 15 is 0 Å². The largest absolute Gasteiger partial charge is 0.318 e. The molecule has 13 heteroatoms. The van der Waals surface area contributed by atoms with Crippen molar-refractivity contribution < 1.29 is 14.4 Å². The minimum Gasteiger partial charge on any atom is -0.318 e. The van der Waals surface area contributed by atoms with Crippen LogP contribution in [0.3, 0.4) is 0 Å². The first-order valence-electron chi connectivity index (χ1n) is 12.8. The fourth-order valence-electron chi connectivity index (χ4n) is 4.35. The normalized spacial score (nSPS) is 13.1. The molecule has 0 fully saturated rings. The molecule has 1 aliphatic rings. The molecule has 0 aliphatic carbocycles. The summed E-state index contributed by atoms with van der Waals surface area (Å²) in [5.74, 6) is -0.634. The number of nitrogens with zero attached hydrogens (tertiary/aromatic N) is 3. The molecule has 3 heterocycles. The number of hydrogen-bond donors (Lipinski definition) is 3. The summed E-state index contributed by atoms with van der Waals surface area (Å²) in [4.78, 5) is 47.5. The minimum absolute atomic E-state index is 0. The maximum absolute atomic E-state index is 13.0. The number of benzene rings is 3. The van der Waals surface area contributed by atoms with Crippen molar-refractivity contribution in [2.45, 2.75) is 18.6 Å². The Labute approximate surface area is 276 Å². The Morgan fingerprint density at radius 3 is 1.95 bits per heavy atom. The standard InChI is InChI=1S/C19H14IN3O2S.C11H11N3OS.ClH/c20-14-7-6-13-11-23(18(25)15(13)10-14)16(12-4-2-1-3-5-12)17(24)22-19-21-8-9-26-19;12-9(8-4-2-1-3-5-8)10(15)14-11-13-6-7-16-11;/h1-10,16H,11H2,(H,21,22,24);1-7,9H,12H2,(H,13,14,15);1H. The van der Waals surface area contributed by atoms with Gasteiger partial charge in [0.05, 0.1) is 0 Å². The van der Waals surface area contributed by atoms with Crippen LogP contribution >= 0.6 is 57.7 Å². The van der Waals surface area contributed by atoms with Gasteiger partial charge >= 0.3 is 0 Å². The number of carbonyl (C=O) groups excluding carboxylic acids is 3. The zero-order chi connectivity index (χ0) is 29.5. The van der Waals surface area contributed by atoms with E-state index in [1.165, 1.54) is 22.7 Å². The molecule has 0 bridgehead atoms. The van der Waals surface area contributed by atoms with E-state index in [9.17, 15) is 14.4 Å². The molecule has 0 saturated heterocycles. The van der Waals surface area contributed by atoms with Crippen LogP contribution in [0.2, 0.25) is 0 Å². The van der Waals surface area contributed by atoms with E-state index in [4.69, 9.17) is 5.73 Å². The monoisotopic (exact) mass is 744 g/mol. The molecular weight excluding hydrogens is 719 g/mol. The Morgan fingerprint density at radius 2 is 1.40 bits per heavy atom. The van der Waals surface area contributed by atoms with Crippen LogP contribution in [0, 0.1) is 3.57 Å². The van der Waals surface area contributed by atoms with E-state index in [2.05, 4.69) is 43.2 Å². The van der Waals surface area contributed by atoms with E-state index in [1.54, 1.807) is 28.1 Å². The van der Waals surface area contributed by atoms with Gasteiger partial charge in [0.25, 0.3) is 11.8 Å². The number of fused-ring (bicyclic) bond motifs is 1. The van der Waals surface area contributed by atoms with Crippen LogP contribution in [0.4, 0.5) is 10.3 Å². The highest BCUT2D eigenvalue weighted by Crippen LogP contribution is 2.33. The lowest BCUT2D eigenvalue weighted by Crippen LogP contribution is -2.37. The highest BCUT2D eigenvalue weighted by molar-refractivity contribution is 14.1. The summed E-state index contributed by atoms with van der Waals surface area (Å²) < 4.78 is 1.00. The summed E-state index contributed by atoms with van der Waals surface area (Å²) in [6.45, 7) is 0.413. The Hall–Kier alpha value is -3.69. The number of rotatable bonds is 7. The highest BCUT2D eigenvalue weighted by Gasteiger charge is 2.37. The second-order valence-corrected chi connectivity index (χ2v) is 12.1. The Balaban J connectivity index is 0.000000215. The van der Waals surface area contributed by atoms with E-state index in [0.717, 1.165) is 20.3 Å². The molecule has 220 valence electrons. The van der Waals surface area contributed by atoms with E-state index in [-0.39, 0.29) is 30.1 Å². The van der Waals surface area contributed by atoms with Crippen molar-refractivity contribution >= 4 is 85.7 Å². The predicted octanol–water partition coefficient (Wildman–Crippen LogP) is 6.29. The lowest BCUT2D eigenvalue weighted by Gasteiger charge is -2.27. The summed E-state index contributed by atoms with van der Waals surface area (Å²) in [6, 6.07) is 23.0. The van der Waals surface area contributed by atoms with Crippen LogP contribution in [0.15, 0.2) is 102 Å². The summed E-state index contributed by atoms with van der Waals surface area (Å²) >= 11 is 4.90. The Morgan fingerprint density at radius 1 is 0.837 bits per heavy atom. The quantitative estimate of drug-likeness (QED) is 0.168. The molecule has 0 saturated carbocycles. The zero-order valence-corrected chi connectivity index (χ0v) is 27.0. The molecular formula is C30H26ClIN6O3S2. The fraction of sp³-hybridized carbons (Fsp3) is 0.100. The molecule has 0 radical (unpaired) electrons. The molecule has 3 amide bonds. The minimum atomic E-state index is -0.710. The Kier molecular flexibility index (Phi) is 11.4. The molecule has 5 aromatic rings. The fourth-order valence-corrected chi connectivity index (χ4v) is 5.91. The van der Waals surface area contributed by atoms with Crippen molar-refractivity contribution in [1.29, 1.82) is 0 Å². The van der Waals surface area contributed by atoms with Gasteiger partial charge in [0.15, 0.2) is 10.3 Å². The van der Waals surface area contributed by atoms with Crippen LogP contribution in [0.1, 0.15) is 39.1 Å². The molecule has 2 atom stereocenters. The van der Waals surface area contributed by atoms with Gasteiger partial charge < -0.3 is 16.0 Å². The Bertz CT molecular complexity index is 1660. The number of carbonyl (C=O) groups is 3. The second-order valence-electron chi connectivity index (χ2n) is 9.09. The second kappa shape index (κ2) is 15.2. The van der Waals surface area contributed by atoms with Crippen molar-refractivity contribution in [3.05, 3.63) is 128 Å². The average Bonchev–Trinajstić information content (AvgIpc) is 3.78. The van der Waals surface area contributed by atoms with Gasteiger partial charge in [-0.3, -0.25) is 19.7 Å². The highest BCUT2D eigenvalue weighted by atomic mass is 127. The van der Waals surface area contributed by atoms with Gasteiger partial charge in [-0.15, -0.1) is 35.1 Å². The molecule has 1 aliphatic heterocycles. The van der Waals surface area contributed by atoms with Gasteiger partial charge in [-0.2, -0.15) is 0 Å². The maximum Gasteiger partial charge on any atom is 0.255 e. The SMILES string of the molecule is Cl.NC(C(=O)Nc1nccs1)c1ccccc1.O=C(Nc1nccs1)C(c1ccccc1)N1Cc2ccc(I)cc2C1=O. The molecule has 6 rings (SSSR count). The lowest BCUT2D eigenvalue weighted by atomic mass is 10.0. The number of amides is 3. The number of hydrogen-bond acceptors (Lipinski definition) is 8. The van der Waals surface area contributed by atoms with Crippen LogP contribution in [0.5, 0.6) is 0 Å². The van der Waals surface area contributed by atoms with Crippen LogP contribution in [-0.2, 0) is 16.1 Å². The summed E-state index contributed by atoms with van der Waals surface area (Å²) in [5.41, 5.74) is 8.99. The maximum atomic E-state index is 13.0. The number of nitrogens with one attached hydrogen (secondary N) is 2. The number of aromatic nitrogens is 2. The predicted molar refractivity (Wildman–Crippen MR) is 180 cm³/mol. The first-order valence-corrected chi connectivity index (χ1v) is 15.6. The summed E-state index contributed by atoms with van der Waals surface area (Å²) in [6.07, 6.45) is 3.27. The lowest BCUT2D eigenvalue weighted by molar-refractivity contribution is -0.121. The third-order valence-corrected chi connectivity index (χ3v) is 8.39. The molecule has 9 nitrogen and oxygen atoms in total. The summed E-state index contributed by atoms with van der Waals surface area (Å²) in [5, 5.41) is 10.2. The third-order valence-electron chi connectivity index (χ3n) is 6.35. The van der Waals surface area contributed by atoms with Crippen LogP contribution in [0.25, 0.3) is 0 Å².